The van der Waals surface area contributed by atoms with Gasteiger partial charge in [-0.3, -0.25) is 0 Å². The Morgan fingerprint density at radius 3 is 0.771 bits per heavy atom. The van der Waals surface area contributed by atoms with Gasteiger partial charge in [-0.05, 0) is 162 Å². The summed E-state index contributed by atoms with van der Waals surface area (Å²) in [5.74, 6) is 0. The molecule has 0 aromatic carbocycles. The van der Waals surface area contributed by atoms with Crippen molar-refractivity contribution in [2.24, 2.45) is 0 Å². The van der Waals surface area contributed by atoms with Crippen LogP contribution in [-0.2, 0) is 0 Å². The highest BCUT2D eigenvalue weighted by molar-refractivity contribution is 7.06. The molecule has 370 valence electrons. The van der Waals surface area contributed by atoms with Gasteiger partial charge in [0, 0.05) is 0 Å². The van der Waals surface area contributed by atoms with Crippen LogP contribution in [0.5, 0.6) is 0 Å². The van der Waals surface area contributed by atoms with Crippen molar-refractivity contribution in [3.63, 3.8) is 0 Å². The van der Waals surface area contributed by atoms with E-state index in [1.54, 1.807) is 0 Å². The minimum atomic E-state index is -0.211. The van der Waals surface area contributed by atoms with Gasteiger partial charge in [0.15, 0.2) is 0 Å². The summed E-state index contributed by atoms with van der Waals surface area (Å²) in [6.45, 7) is 12.6. The summed E-state index contributed by atoms with van der Waals surface area (Å²) < 4.78 is 58.4. The molecule has 0 spiro atoms. The molecule has 0 unspecified atom stereocenters. The van der Waals surface area contributed by atoms with Crippen LogP contribution < -0.4 is 0 Å². The zero-order valence-corrected chi connectivity index (χ0v) is 49.1. The van der Waals surface area contributed by atoms with Gasteiger partial charge in [-0.15, -0.1) is 0 Å². The number of nitrogens with zero attached hydrogens (tertiary/aromatic N) is 24. The quantitative estimate of drug-likeness (QED) is 0.246. The molecule has 42 heteroatoms. The van der Waals surface area contributed by atoms with Crippen LogP contribution in [0.1, 0.15) is 0 Å². The molecule has 70 heavy (non-hydrogen) atoms. The molecular weight excluding hydrogens is 867 g/mol. The number of hydrogen-bond donors (Lipinski definition) is 0. The first kappa shape index (κ1) is 56.4. The predicted molar refractivity (Wildman–Crippen MR) is 313 cm³/mol. The van der Waals surface area contributed by atoms with E-state index in [1.165, 1.54) is 0 Å². The standard InChI is InChI=1S/C28H84B18N24/c1-29-49(10)33(5)68-40-53(14)31(3)51(12)36(62(40)23)59(20)38-61(22)39-60(21)37-57(18)34(47(6)7)58(19)45(63(37)24)69-35(48(8)9)50(11)30(2)54(15)42(69)67(28)44-56(17)32(4)55(16)43(66(27)41(68)52(29)13)70(44)46(64(38)25)65(39)26/h1-28H3. The summed E-state index contributed by atoms with van der Waals surface area (Å²) in [7, 11) is 52.2. The second kappa shape index (κ2) is 20.2. The minimum Gasteiger partial charge on any atom is -0.361 e. The second-order valence-electron chi connectivity index (χ2n) is 23.6. The van der Waals surface area contributed by atoms with Crippen molar-refractivity contribution in [2.75, 3.05) is 162 Å². The van der Waals surface area contributed by atoms with Gasteiger partial charge < -0.3 is 113 Å². The fourth-order valence-corrected chi connectivity index (χ4v) is 15.8. The highest BCUT2D eigenvalue weighted by Gasteiger charge is 2.72. The first-order valence-electron chi connectivity index (χ1n) is 25.8. The van der Waals surface area contributed by atoms with E-state index in [0.717, 1.165) is 0 Å². The summed E-state index contributed by atoms with van der Waals surface area (Å²) in [6.07, 6.45) is 0. The molecular formula is C28H84B18N24. The molecule has 8 rings (SSSR count). The number of fused-ring (bicyclic) bond motifs is 10. The lowest BCUT2D eigenvalue weighted by atomic mass is 9.35. The highest BCUT2D eigenvalue weighted by atomic mass is 15.6. The molecule has 8 saturated heterocycles. The van der Waals surface area contributed by atoms with E-state index < -0.39 is 0 Å². The van der Waals surface area contributed by atoms with E-state index in [9.17, 15) is 0 Å². The van der Waals surface area contributed by atoms with Crippen molar-refractivity contribution in [3.8, 4) is 0 Å². The third-order valence-electron chi connectivity index (χ3n) is 19.4. The van der Waals surface area contributed by atoms with E-state index in [4.69, 9.17) is 0 Å². The Morgan fingerprint density at radius 2 is 0.400 bits per heavy atom. The van der Waals surface area contributed by atoms with Crippen molar-refractivity contribution in [3.05, 3.63) is 0 Å². The largest absolute Gasteiger partial charge is 0.384 e. The van der Waals surface area contributed by atoms with Crippen LogP contribution in [0.25, 0.3) is 0 Å². The van der Waals surface area contributed by atoms with Crippen LogP contribution >= 0.6 is 0 Å². The average molecular weight is 952 g/mol. The van der Waals surface area contributed by atoms with Crippen LogP contribution in [-0.4, -0.2) is 403 Å². The van der Waals surface area contributed by atoms with Gasteiger partial charge in [0.1, 0.15) is 0 Å². The topological polar surface area (TPSA) is 77.8 Å². The van der Waals surface area contributed by atoms with E-state index >= 15 is 0 Å². The molecule has 0 aromatic heterocycles. The Morgan fingerprint density at radius 1 is 0.186 bits per heavy atom. The van der Waals surface area contributed by atoms with Gasteiger partial charge in [0.05, 0.1) is 0 Å². The lowest BCUT2D eigenvalue weighted by Crippen LogP contribution is -2.99. The Balaban J connectivity index is 1.48. The predicted octanol–water partition coefficient (Wildman–Crippen LogP) is -7.78. The second-order valence-corrected chi connectivity index (χ2v) is 23.6. The summed E-state index contributed by atoms with van der Waals surface area (Å²) in [4.78, 5) is 4.81. The minimum absolute atomic E-state index is 0.0194. The summed E-state index contributed by atoms with van der Waals surface area (Å²) in [6, 6.07) is 0. The zero-order chi connectivity index (χ0) is 52.2. The molecule has 8 aliphatic heterocycles. The van der Waals surface area contributed by atoms with Crippen LogP contribution in [0, 0.1) is 0 Å². The van der Waals surface area contributed by atoms with Crippen LogP contribution in [0.4, 0.5) is 0 Å². The SMILES string of the molecule is CB1N(C)B2N(C)B3N(C)B4N(C)B5N(C)B(N(C)C)N(C)B(N5C)N5B(N(C)C)N(C)B(C)N(C)B5N(C)B5N(C)B(C)N(C)B(N(C)B6N(C)B(C)N(C)B(C)N6B(N1C)N2C)N5B(N3C)N4C. The Bertz CT molecular complexity index is 1860. The molecule has 8 heterocycles. The van der Waals surface area contributed by atoms with Gasteiger partial charge in [-0.1, -0.05) is 34.1 Å². The van der Waals surface area contributed by atoms with Gasteiger partial charge in [-0.25, -0.2) is 0 Å². The van der Waals surface area contributed by atoms with Crippen LogP contribution in [0.15, 0.2) is 0 Å². The Labute approximate surface area is 435 Å². The van der Waals surface area contributed by atoms with Crippen molar-refractivity contribution in [2.45, 2.75) is 34.1 Å². The monoisotopic (exact) mass is 955 g/mol. The van der Waals surface area contributed by atoms with Gasteiger partial charge in [0.2, 0.25) is 0 Å². The molecule has 24 nitrogen and oxygen atoms in total. The molecule has 0 saturated carbocycles. The molecule has 0 radical (unpaired) electrons. The molecule has 8 aliphatic rings. The summed E-state index contributed by atoms with van der Waals surface area (Å²) in [5, 5.41) is 0. The van der Waals surface area contributed by atoms with E-state index in [1.807, 2.05) is 0 Å². The van der Waals surface area contributed by atoms with E-state index in [-0.39, 0.29) is 127 Å². The fourth-order valence-electron chi connectivity index (χ4n) is 15.8. The Hall–Kier alpha value is 0.209. The number of hydrogen-bond acceptors (Lipinski definition) is 24. The average Bonchev–Trinajstić information content (AvgIpc) is 3.26. The molecule has 7 bridgehead atoms. The maximum Gasteiger partial charge on any atom is 0.384 e. The van der Waals surface area contributed by atoms with Crippen LogP contribution in [0.2, 0.25) is 34.1 Å². The van der Waals surface area contributed by atoms with Crippen LogP contribution in [0.3, 0.4) is 0 Å². The fraction of sp³-hybridized carbons (Fsp3) is 1.00. The van der Waals surface area contributed by atoms with Gasteiger partial charge in [0.25, 0.3) is 34.9 Å². The third-order valence-corrected chi connectivity index (χ3v) is 19.4. The van der Waals surface area contributed by atoms with Crippen molar-refractivity contribution in [1.82, 2.24) is 113 Å². The molecule has 0 amide bonds. The molecule has 0 aromatic rings. The normalized spacial score (nSPS) is 28.2. The van der Waals surface area contributed by atoms with E-state index in [2.05, 4.69) is 309 Å². The Kier molecular flexibility index (Phi) is 16.3. The number of rotatable bonds is 2. The maximum atomic E-state index is 2.88. The molecule has 0 atom stereocenters. The molecule has 0 aliphatic carbocycles. The lowest BCUT2D eigenvalue weighted by molar-refractivity contribution is 0.349. The maximum absolute atomic E-state index is 2.88. The van der Waals surface area contributed by atoms with E-state index in [0.29, 0.717) is 0 Å². The highest BCUT2D eigenvalue weighted by Crippen LogP contribution is 2.37. The first-order chi connectivity index (χ1) is 32.5. The first-order valence-corrected chi connectivity index (χ1v) is 25.8. The molecule has 0 N–H and O–H groups in total. The zero-order valence-electron chi connectivity index (χ0n) is 49.1. The third kappa shape index (κ3) is 8.00. The lowest BCUT2D eigenvalue weighted by Gasteiger charge is -2.68. The van der Waals surface area contributed by atoms with Gasteiger partial charge in [-0.2, -0.15) is 0 Å². The summed E-state index contributed by atoms with van der Waals surface area (Å²) >= 11 is 0. The smallest absolute Gasteiger partial charge is 0.361 e. The molecule has 8 fully saturated rings. The van der Waals surface area contributed by atoms with Crippen molar-refractivity contribution in [1.29, 1.82) is 0 Å². The van der Waals surface area contributed by atoms with Crippen molar-refractivity contribution >= 4 is 127 Å². The summed E-state index contributed by atoms with van der Waals surface area (Å²) in [5.41, 5.74) is 0. The van der Waals surface area contributed by atoms with Crippen molar-refractivity contribution < 1.29 is 0 Å². The van der Waals surface area contributed by atoms with Gasteiger partial charge >= 0.3 is 92.5 Å².